The van der Waals surface area contributed by atoms with E-state index in [9.17, 15) is 10.2 Å². The van der Waals surface area contributed by atoms with Crippen molar-refractivity contribution in [1.29, 1.82) is 0 Å². The van der Waals surface area contributed by atoms with E-state index in [0.717, 1.165) is 0 Å². The van der Waals surface area contributed by atoms with E-state index < -0.39 is 0 Å². The molecule has 0 fully saturated rings. The number of aliphatic imine (C=N–C) groups is 1. The minimum atomic E-state index is -0.199. The van der Waals surface area contributed by atoms with Crippen LogP contribution < -0.4 is 0 Å². The molecule has 86 valence electrons. The fraction of sp³-hybridized carbons (Fsp3) is 0. The lowest BCUT2D eigenvalue weighted by atomic mass is 10.2. The fourth-order valence-corrected chi connectivity index (χ4v) is 1.34. The van der Waals surface area contributed by atoms with Crippen molar-refractivity contribution in [3.05, 3.63) is 48.0 Å². The van der Waals surface area contributed by atoms with Crippen molar-refractivity contribution in [3.63, 3.8) is 0 Å². The molecule has 0 unspecified atom stereocenters. The van der Waals surface area contributed by atoms with E-state index in [1.807, 2.05) is 0 Å². The second kappa shape index (κ2) is 4.57. The number of aromatic hydroxyl groups is 3. The van der Waals surface area contributed by atoms with Crippen molar-refractivity contribution < 1.29 is 15.3 Å². The molecule has 2 aromatic rings. The highest BCUT2D eigenvalue weighted by Gasteiger charge is 2.02. The highest BCUT2D eigenvalue weighted by molar-refractivity contribution is 5.86. The van der Waals surface area contributed by atoms with Crippen LogP contribution in [-0.4, -0.2) is 21.5 Å². The lowest BCUT2D eigenvalue weighted by Crippen LogP contribution is -1.82. The molecule has 4 heteroatoms. The van der Waals surface area contributed by atoms with Gasteiger partial charge < -0.3 is 15.3 Å². The summed E-state index contributed by atoms with van der Waals surface area (Å²) in [4.78, 5) is 4.11. The van der Waals surface area contributed by atoms with Gasteiger partial charge >= 0.3 is 0 Å². The first-order chi connectivity index (χ1) is 8.16. The van der Waals surface area contributed by atoms with Gasteiger partial charge in [0.15, 0.2) is 11.5 Å². The number of phenols is 3. The zero-order valence-corrected chi connectivity index (χ0v) is 8.91. The lowest BCUT2D eigenvalue weighted by Gasteiger charge is -2.00. The van der Waals surface area contributed by atoms with Gasteiger partial charge in [-0.05, 0) is 36.4 Å². The molecule has 3 N–H and O–H groups in total. The van der Waals surface area contributed by atoms with Crippen molar-refractivity contribution in [2.24, 2.45) is 4.99 Å². The summed E-state index contributed by atoms with van der Waals surface area (Å²) in [6.45, 7) is 0. The first-order valence-electron chi connectivity index (χ1n) is 5.01. The van der Waals surface area contributed by atoms with Gasteiger partial charge in [0.05, 0.1) is 5.69 Å². The Bertz CT molecular complexity index is 547. The van der Waals surface area contributed by atoms with Gasteiger partial charge in [0.1, 0.15) is 5.75 Å². The van der Waals surface area contributed by atoms with Crippen molar-refractivity contribution in [2.75, 3.05) is 0 Å². The van der Waals surface area contributed by atoms with E-state index in [2.05, 4.69) is 4.99 Å². The molecule has 0 heterocycles. The fourth-order valence-electron chi connectivity index (χ4n) is 1.34. The standard InChI is InChI=1S/C13H11NO3/c15-11-6-4-10(5-7-11)14-8-9-2-1-3-12(16)13(9)17/h1-8,15-17H/b14-8+. The van der Waals surface area contributed by atoms with Crippen molar-refractivity contribution in [1.82, 2.24) is 0 Å². The maximum atomic E-state index is 9.54. The quantitative estimate of drug-likeness (QED) is 0.547. The summed E-state index contributed by atoms with van der Waals surface area (Å²) in [5.74, 6) is -0.209. The third-order valence-electron chi connectivity index (χ3n) is 2.25. The molecular formula is C13H11NO3. The van der Waals surface area contributed by atoms with E-state index in [1.165, 1.54) is 24.4 Å². The second-order valence-electron chi connectivity index (χ2n) is 3.49. The first-order valence-corrected chi connectivity index (χ1v) is 5.01. The van der Waals surface area contributed by atoms with Crippen LogP contribution in [0.25, 0.3) is 0 Å². The SMILES string of the molecule is Oc1ccc(/N=C/c2cccc(O)c2O)cc1. The number of nitrogens with zero attached hydrogens (tertiary/aromatic N) is 1. The molecule has 4 nitrogen and oxygen atoms in total. The van der Waals surface area contributed by atoms with Gasteiger partial charge in [0, 0.05) is 11.8 Å². The van der Waals surface area contributed by atoms with Gasteiger partial charge in [-0.2, -0.15) is 0 Å². The van der Waals surface area contributed by atoms with Gasteiger partial charge in [-0.25, -0.2) is 0 Å². The molecule has 0 radical (unpaired) electrons. The van der Waals surface area contributed by atoms with E-state index in [4.69, 9.17) is 5.11 Å². The van der Waals surface area contributed by atoms with Gasteiger partial charge in [-0.1, -0.05) is 6.07 Å². The Labute approximate surface area is 98.1 Å². The number of phenolic OH excluding ortho intramolecular Hbond substituents is 3. The summed E-state index contributed by atoms with van der Waals surface area (Å²) in [6.07, 6.45) is 1.45. The van der Waals surface area contributed by atoms with E-state index >= 15 is 0 Å². The normalized spacial score (nSPS) is 10.8. The number of benzene rings is 2. The summed E-state index contributed by atoms with van der Waals surface area (Å²) in [7, 11) is 0. The maximum absolute atomic E-state index is 9.54. The van der Waals surface area contributed by atoms with Crippen molar-refractivity contribution >= 4 is 11.9 Å². The Morgan fingerprint density at radius 2 is 1.59 bits per heavy atom. The minimum Gasteiger partial charge on any atom is -0.508 e. The average Bonchev–Trinajstić information content (AvgIpc) is 2.33. The summed E-state index contributed by atoms with van der Waals surface area (Å²) < 4.78 is 0. The number of hydrogen-bond acceptors (Lipinski definition) is 4. The molecule has 0 aliphatic carbocycles. The molecule has 2 rings (SSSR count). The lowest BCUT2D eigenvalue weighted by molar-refractivity contribution is 0.403. The van der Waals surface area contributed by atoms with Gasteiger partial charge in [0.25, 0.3) is 0 Å². The largest absolute Gasteiger partial charge is 0.508 e. The van der Waals surface area contributed by atoms with Crippen LogP contribution in [0.2, 0.25) is 0 Å². The van der Waals surface area contributed by atoms with Crippen LogP contribution in [0.4, 0.5) is 5.69 Å². The predicted octanol–water partition coefficient (Wildman–Crippen LogP) is 2.55. The molecule has 0 saturated heterocycles. The van der Waals surface area contributed by atoms with Gasteiger partial charge in [0.2, 0.25) is 0 Å². The number of hydrogen-bond donors (Lipinski definition) is 3. The Balaban J connectivity index is 2.26. The van der Waals surface area contributed by atoms with Crippen LogP contribution in [0.5, 0.6) is 17.2 Å². The van der Waals surface area contributed by atoms with Crippen LogP contribution in [0.3, 0.4) is 0 Å². The molecule has 0 amide bonds. The monoisotopic (exact) mass is 229 g/mol. The summed E-state index contributed by atoms with van der Waals surface area (Å²) in [6, 6.07) is 11.0. The molecule has 0 aliphatic rings. The van der Waals surface area contributed by atoms with E-state index in [1.54, 1.807) is 24.3 Å². The molecule has 0 bridgehead atoms. The maximum Gasteiger partial charge on any atom is 0.166 e. The minimum absolute atomic E-state index is 0.171. The van der Waals surface area contributed by atoms with E-state index in [0.29, 0.717) is 11.3 Å². The van der Waals surface area contributed by atoms with Gasteiger partial charge in [-0.3, -0.25) is 4.99 Å². The Hall–Kier alpha value is -2.49. The highest BCUT2D eigenvalue weighted by atomic mass is 16.3. The van der Waals surface area contributed by atoms with Crippen molar-refractivity contribution in [2.45, 2.75) is 0 Å². The van der Waals surface area contributed by atoms with Crippen LogP contribution >= 0.6 is 0 Å². The zero-order chi connectivity index (χ0) is 12.3. The van der Waals surface area contributed by atoms with Crippen LogP contribution in [0.15, 0.2) is 47.5 Å². The van der Waals surface area contributed by atoms with Gasteiger partial charge in [-0.15, -0.1) is 0 Å². The topological polar surface area (TPSA) is 73.1 Å². The Kier molecular flexibility index (Phi) is 2.96. The molecule has 0 atom stereocenters. The number of rotatable bonds is 2. The number of para-hydroxylation sites is 1. The average molecular weight is 229 g/mol. The van der Waals surface area contributed by atoms with Crippen LogP contribution in [0, 0.1) is 0 Å². The third kappa shape index (κ3) is 2.55. The zero-order valence-electron chi connectivity index (χ0n) is 8.91. The molecule has 0 aliphatic heterocycles. The van der Waals surface area contributed by atoms with Crippen LogP contribution in [-0.2, 0) is 0 Å². The Morgan fingerprint density at radius 1 is 0.882 bits per heavy atom. The third-order valence-corrected chi connectivity index (χ3v) is 2.25. The predicted molar refractivity (Wildman–Crippen MR) is 65.1 cm³/mol. The molecule has 0 saturated carbocycles. The molecular weight excluding hydrogens is 218 g/mol. The van der Waals surface area contributed by atoms with Crippen LogP contribution in [0.1, 0.15) is 5.56 Å². The molecule has 0 aromatic heterocycles. The smallest absolute Gasteiger partial charge is 0.166 e. The van der Waals surface area contributed by atoms with E-state index in [-0.39, 0.29) is 17.2 Å². The Morgan fingerprint density at radius 3 is 2.29 bits per heavy atom. The van der Waals surface area contributed by atoms with Crippen molar-refractivity contribution in [3.8, 4) is 17.2 Å². The molecule has 2 aromatic carbocycles. The molecule has 0 spiro atoms. The summed E-state index contributed by atoms with van der Waals surface area (Å²) >= 11 is 0. The second-order valence-corrected chi connectivity index (χ2v) is 3.49. The summed E-state index contributed by atoms with van der Waals surface area (Å²) in [5.41, 5.74) is 1.07. The highest BCUT2D eigenvalue weighted by Crippen LogP contribution is 2.27. The summed E-state index contributed by atoms with van der Waals surface area (Å²) in [5, 5.41) is 27.9. The first kappa shape index (κ1) is 11.0. The molecule has 17 heavy (non-hydrogen) atoms.